The molecule has 0 N–H and O–H groups in total. The van der Waals surface area contributed by atoms with Crippen molar-refractivity contribution in [3.05, 3.63) is 131 Å². The van der Waals surface area contributed by atoms with Crippen LogP contribution >= 0.6 is 0 Å². The summed E-state index contributed by atoms with van der Waals surface area (Å²) >= 11 is 0. The zero-order valence-corrected chi connectivity index (χ0v) is 19.1. The molecule has 4 aromatic carbocycles. The minimum Gasteiger partial charge on any atom is -0.457 e. The van der Waals surface area contributed by atoms with E-state index in [0.717, 1.165) is 24.3 Å². The maximum absolute atomic E-state index is 6.01. The summed E-state index contributed by atoms with van der Waals surface area (Å²) in [6.45, 7) is 7.16. The second-order valence-corrected chi connectivity index (χ2v) is 9.87. The van der Waals surface area contributed by atoms with Crippen molar-refractivity contribution in [1.29, 1.82) is 0 Å². The van der Waals surface area contributed by atoms with Gasteiger partial charge in [-0.05, 0) is 70.3 Å². The van der Waals surface area contributed by atoms with Crippen LogP contribution in [-0.2, 0) is 17.3 Å². The molecule has 1 heteroatoms. The van der Waals surface area contributed by atoms with Gasteiger partial charge in [0.1, 0.15) is 11.5 Å². The van der Waals surface area contributed by atoms with E-state index in [2.05, 4.69) is 93.6 Å². The van der Waals surface area contributed by atoms with E-state index >= 15 is 0 Å². The van der Waals surface area contributed by atoms with Crippen molar-refractivity contribution in [2.45, 2.75) is 44.4 Å². The lowest BCUT2D eigenvalue weighted by Crippen LogP contribution is -2.23. The Kier molecular flexibility index (Phi) is 5.13. The van der Waals surface area contributed by atoms with Gasteiger partial charge in [-0.25, -0.2) is 0 Å². The van der Waals surface area contributed by atoms with Crippen LogP contribution in [0.4, 0.5) is 0 Å². The van der Waals surface area contributed by atoms with Crippen molar-refractivity contribution >= 4 is 0 Å². The van der Waals surface area contributed by atoms with Crippen LogP contribution in [0, 0.1) is 0 Å². The molecule has 0 saturated carbocycles. The van der Waals surface area contributed by atoms with Gasteiger partial charge >= 0.3 is 0 Å². The predicted molar refractivity (Wildman–Crippen MR) is 133 cm³/mol. The Hall–Kier alpha value is -3.32. The van der Waals surface area contributed by atoms with Crippen LogP contribution in [0.15, 0.2) is 103 Å². The van der Waals surface area contributed by atoms with Gasteiger partial charge in [0.15, 0.2) is 0 Å². The van der Waals surface area contributed by atoms with E-state index in [0.29, 0.717) is 0 Å². The summed E-state index contributed by atoms with van der Waals surface area (Å²) in [5.41, 5.74) is 7.17. The topological polar surface area (TPSA) is 9.23 Å². The maximum atomic E-state index is 6.01. The Bertz CT molecular complexity index is 1210. The first-order valence-electron chi connectivity index (χ1n) is 11.5. The number of hydrogen-bond acceptors (Lipinski definition) is 1. The molecule has 1 unspecified atom stereocenters. The monoisotopic (exact) mass is 418 g/mol. The Morgan fingerprint density at radius 2 is 1.25 bits per heavy atom. The molecule has 1 aliphatic rings. The van der Waals surface area contributed by atoms with E-state index in [1.165, 1.54) is 27.8 Å². The molecule has 0 heterocycles. The van der Waals surface area contributed by atoms with Crippen molar-refractivity contribution < 1.29 is 4.74 Å². The third kappa shape index (κ3) is 3.84. The zero-order valence-electron chi connectivity index (χ0n) is 19.1. The Labute approximate surface area is 191 Å². The fourth-order valence-electron chi connectivity index (χ4n) is 5.42. The third-order valence-corrected chi connectivity index (χ3v) is 6.92. The quantitative estimate of drug-likeness (QED) is 0.318. The predicted octanol–water partition coefficient (Wildman–Crippen LogP) is 8.06. The minimum absolute atomic E-state index is 0.00458. The Morgan fingerprint density at radius 3 is 1.94 bits per heavy atom. The molecular weight excluding hydrogens is 388 g/mol. The molecule has 0 amide bonds. The first-order chi connectivity index (χ1) is 15.4. The second-order valence-electron chi connectivity index (χ2n) is 9.87. The molecule has 0 fully saturated rings. The van der Waals surface area contributed by atoms with Crippen LogP contribution in [0.3, 0.4) is 0 Å². The molecule has 5 rings (SSSR count). The van der Waals surface area contributed by atoms with E-state index in [9.17, 15) is 0 Å². The van der Waals surface area contributed by atoms with Crippen LogP contribution in [0.1, 0.15) is 55.0 Å². The molecule has 4 aromatic rings. The van der Waals surface area contributed by atoms with Gasteiger partial charge < -0.3 is 4.74 Å². The lowest BCUT2D eigenvalue weighted by Gasteiger charge is -2.28. The number of ether oxygens (including phenoxy) is 1. The van der Waals surface area contributed by atoms with Crippen LogP contribution < -0.4 is 4.74 Å². The summed E-state index contributed by atoms with van der Waals surface area (Å²) in [6.07, 6.45) is 2.08. The van der Waals surface area contributed by atoms with Crippen LogP contribution in [0.5, 0.6) is 11.5 Å². The van der Waals surface area contributed by atoms with E-state index in [1.54, 1.807) is 0 Å². The average Bonchev–Trinajstić information content (AvgIpc) is 3.01. The molecule has 0 bridgehead atoms. The smallest absolute Gasteiger partial charge is 0.127 e. The number of hydrogen-bond donors (Lipinski definition) is 0. The molecule has 32 heavy (non-hydrogen) atoms. The number of fused-ring (bicyclic) bond motifs is 1. The van der Waals surface area contributed by atoms with Crippen LogP contribution in [0.2, 0.25) is 0 Å². The van der Waals surface area contributed by atoms with Crippen molar-refractivity contribution in [1.82, 2.24) is 0 Å². The maximum Gasteiger partial charge on any atom is 0.127 e. The molecule has 0 radical (unpaired) electrons. The molecule has 0 saturated heterocycles. The molecule has 0 aromatic heterocycles. The fraction of sp³-hybridized carbons (Fsp3) is 0.226. The van der Waals surface area contributed by atoms with E-state index in [4.69, 9.17) is 4.74 Å². The summed E-state index contributed by atoms with van der Waals surface area (Å²) < 4.78 is 6.01. The first kappa shape index (κ1) is 20.6. The van der Waals surface area contributed by atoms with Crippen molar-refractivity contribution in [3.8, 4) is 11.5 Å². The van der Waals surface area contributed by atoms with Gasteiger partial charge in [0.05, 0.1) is 0 Å². The lowest BCUT2D eigenvalue weighted by atomic mass is 9.75. The highest BCUT2D eigenvalue weighted by molar-refractivity contribution is 5.54. The molecular formula is C31H30O. The highest BCUT2D eigenvalue weighted by Gasteiger charge is 2.45. The van der Waals surface area contributed by atoms with Gasteiger partial charge in [-0.1, -0.05) is 99.6 Å². The summed E-state index contributed by atoms with van der Waals surface area (Å²) in [4.78, 5) is 0. The summed E-state index contributed by atoms with van der Waals surface area (Å²) in [6, 6.07) is 36.5. The molecule has 0 spiro atoms. The first-order valence-corrected chi connectivity index (χ1v) is 11.5. The zero-order chi connectivity index (χ0) is 22.2. The normalized spacial score (nSPS) is 18.8. The summed E-state index contributed by atoms with van der Waals surface area (Å²) in [5.74, 6) is 1.74. The van der Waals surface area contributed by atoms with Gasteiger partial charge in [0, 0.05) is 5.41 Å². The van der Waals surface area contributed by atoms with E-state index < -0.39 is 0 Å². The van der Waals surface area contributed by atoms with Gasteiger partial charge in [-0.2, -0.15) is 0 Å². The average molecular weight is 419 g/mol. The van der Waals surface area contributed by atoms with Crippen LogP contribution in [-0.4, -0.2) is 0 Å². The molecule has 1 aliphatic carbocycles. The molecule has 0 aliphatic heterocycles. The molecule has 1 nitrogen and oxygen atoms in total. The minimum atomic E-state index is -0.00458. The van der Waals surface area contributed by atoms with E-state index in [1.807, 2.05) is 30.3 Å². The van der Waals surface area contributed by atoms with Crippen molar-refractivity contribution in [3.63, 3.8) is 0 Å². The van der Waals surface area contributed by atoms with Gasteiger partial charge in [-0.3, -0.25) is 0 Å². The third-order valence-electron chi connectivity index (χ3n) is 6.92. The van der Waals surface area contributed by atoms with Gasteiger partial charge in [0.2, 0.25) is 0 Å². The Balaban J connectivity index is 1.44. The summed E-state index contributed by atoms with van der Waals surface area (Å²) in [5, 5.41) is 0. The largest absolute Gasteiger partial charge is 0.457 e. The van der Waals surface area contributed by atoms with Gasteiger partial charge in [-0.15, -0.1) is 0 Å². The summed E-state index contributed by atoms with van der Waals surface area (Å²) in [7, 11) is 0. The van der Waals surface area contributed by atoms with Crippen LogP contribution in [0.25, 0.3) is 0 Å². The number of rotatable bonds is 5. The van der Waals surface area contributed by atoms with Crippen molar-refractivity contribution in [2.24, 2.45) is 0 Å². The Morgan fingerprint density at radius 1 is 0.625 bits per heavy atom. The van der Waals surface area contributed by atoms with Crippen molar-refractivity contribution in [2.75, 3.05) is 0 Å². The van der Waals surface area contributed by atoms with E-state index in [-0.39, 0.29) is 10.8 Å². The highest BCUT2D eigenvalue weighted by atomic mass is 16.5. The number of para-hydroxylation sites is 1. The molecule has 160 valence electrons. The lowest BCUT2D eigenvalue weighted by molar-refractivity contribution is 0.424. The SMILES string of the molecule is CC1(C)CC(C)(c2ccc(Oc3ccccc3)cc2)c2ccc(Cc3ccccc3)cc21. The second kappa shape index (κ2) is 7.98. The highest BCUT2D eigenvalue weighted by Crippen LogP contribution is 2.53. The number of benzene rings is 4. The fourth-order valence-corrected chi connectivity index (χ4v) is 5.42. The van der Waals surface area contributed by atoms with Gasteiger partial charge in [0.25, 0.3) is 0 Å². The standard InChI is InChI=1S/C31H30O/c1-30(2)22-31(3,25-15-17-27(18-16-25)32-26-12-8-5-9-13-26)28-19-14-24(21-29(28)30)20-23-10-6-4-7-11-23/h4-19,21H,20,22H2,1-3H3. The molecule has 1 atom stereocenters.